The Kier molecular flexibility index (Phi) is 6.26. The molecule has 2 atom stereocenters. The highest BCUT2D eigenvalue weighted by Gasteiger charge is 2.26. The van der Waals surface area contributed by atoms with Crippen molar-refractivity contribution in [3.63, 3.8) is 0 Å². The first kappa shape index (κ1) is 18.6. The van der Waals surface area contributed by atoms with Gasteiger partial charge in [0.2, 0.25) is 0 Å². The van der Waals surface area contributed by atoms with Gasteiger partial charge in [-0.2, -0.15) is 0 Å². The molecule has 0 saturated heterocycles. The van der Waals surface area contributed by atoms with Crippen molar-refractivity contribution in [3.8, 4) is 0 Å². The zero-order valence-electron chi connectivity index (χ0n) is 13.2. The second-order valence-corrected chi connectivity index (χ2v) is 5.32. The van der Waals surface area contributed by atoms with E-state index in [2.05, 4.69) is 5.32 Å². The summed E-state index contributed by atoms with van der Waals surface area (Å²) in [4.78, 5) is 11.6. The van der Waals surface area contributed by atoms with E-state index >= 15 is 0 Å². The lowest BCUT2D eigenvalue weighted by Crippen LogP contribution is -2.36. The second-order valence-electron chi connectivity index (χ2n) is 5.32. The standard InChI is InChI=1S/C17H18F2N2O4/c18-11-6-7-12(20)15(19)14(11)16(23)13(22)8-21-17(24)25-9-10-4-2-1-3-5-10/h1-7,13,16,22-23H,8-9,20H2,(H,21,24). The summed E-state index contributed by atoms with van der Waals surface area (Å²) in [6, 6.07) is 10.8. The van der Waals surface area contributed by atoms with Crippen molar-refractivity contribution in [1.82, 2.24) is 5.32 Å². The Morgan fingerprint density at radius 2 is 1.84 bits per heavy atom. The van der Waals surface area contributed by atoms with E-state index in [0.717, 1.165) is 17.7 Å². The molecule has 0 spiro atoms. The number of benzene rings is 2. The molecule has 2 unspecified atom stereocenters. The normalized spacial score (nSPS) is 13.1. The maximum Gasteiger partial charge on any atom is 0.407 e. The number of alkyl carbamates (subject to hydrolysis) is 1. The Bertz CT molecular complexity index is 728. The Morgan fingerprint density at radius 1 is 1.16 bits per heavy atom. The van der Waals surface area contributed by atoms with Crippen LogP contribution in [-0.2, 0) is 11.3 Å². The van der Waals surface area contributed by atoms with Gasteiger partial charge in [0.25, 0.3) is 0 Å². The van der Waals surface area contributed by atoms with Gasteiger partial charge >= 0.3 is 6.09 Å². The molecule has 0 heterocycles. The van der Waals surface area contributed by atoms with E-state index in [0.29, 0.717) is 0 Å². The lowest BCUT2D eigenvalue weighted by molar-refractivity contribution is 0.0143. The smallest absolute Gasteiger partial charge is 0.407 e. The van der Waals surface area contributed by atoms with E-state index in [1.54, 1.807) is 24.3 Å². The lowest BCUT2D eigenvalue weighted by atomic mass is 10.0. The lowest BCUT2D eigenvalue weighted by Gasteiger charge is -2.20. The van der Waals surface area contributed by atoms with Gasteiger partial charge in [-0.1, -0.05) is 30.3 Å². The van der Waals surface area contributed by atoms with E-state index in [1.807, 2.05) is 6.07 Å². The number of hydrogen-bond donors (Lipinski definition) is 4. The van der Waals surface area contributed by atoms with E-state index in [1.165, 1.54) is 0 Å². The summed E-state index contributed by atoms with van der Waals surface area (Å²) in [6.45, 7) is -0.452. The highest BCUT2D eigenvalue weighted by molar-refractivity contribution is 5.67. The molecule has 25 heavy (non-hydrogen) atoms. The van der Waals surface area contributed by atoms with Crippen molar-refractivity contribution in [2.45, 2.75) is 18.8 Å². The first-order valence-electron chi connectivity index (χ1n) is 7.44. The summed E-state index contributed by atoms with van der Waals surface area (Å²) in [5.74, 6) is -2.21. The van der Waals surface area contributed by atoms with Gasteiger partial charge in [0.15, 0.2) is 5.82 Å². The quantitative estimate of drug-likeness (QED) is 0.594. The van der Waals surface area contributed by atoms with Crippen molar-refractivity contribution in [2.24, 2.45) is 0 Å². The maximum atomic E-state index is 13.8. The number of hydrogen-bond acceptors (Lipinski definition) is 5. The van der Waals surface area contributed by atoms with Crippen LogP contribution in [0.3, 0.4) is 0 Å². The fraction of sp³-hybridized carbons (Fsp3) is 0.235. The molecule has 0 radical (unpaired) electrons. The van der Waals surface area contributed by atoms with E-state index in [9.17, 15) is 23.8 Å². The highest BCUT2D eigenvalue weighted by Crippen LogP contribution is 2.26. The SMILES string of the molecule is Nc1ccc(F)c(C(O)C(O)CNC(=O)OCc2ccccc2)c1F. The molecule has 0 saturated carbocycles. The van der Waals surface area contributed by atoms with Gasteiger partial charge in [-0.15, -0.1) is 0 Å². The number of aliphatic hydroxyl groups excluding tert-OH is 2. The summed E-state index contributed by atoms with van der Waals surface area (Å²) >= 11 is 0. The molecule has 1 amide bonds. The molecule has 0 fully saturated rings. The van der Waals surface area contributed by atoms with Gasteiger partial charge in [0.05, 0.1) is 11.3 Å². The van der Waals surface area contributed by atoms with Crippen LogP contribution in [0.2, 0.25) is 0 Å². The molecule has 2 aromatic rings. The predicted octanol–water partition coefficient (Wildman–Crippen LogP) is 1.87. The molecule has 134 valence electrons. The number of nitrogens with two attached hydrogens (primary N) is 1. The third-order valence-corrected chi connectivity index (χ3v) is 3.48. The number of amides is 1. The maximum absolute atomic E-state index is 13.8. The van der Waals surface area contributed by atoms with Crippen LogP contribution in [-0.4, -0.2) is 29.0 Å². The molecule has 0 bridgehead atoms. The third kappa shape index (κ3) is 4.88. The summed E-state index contributed by atoms with van der Waals surface area (Å²) in [7, 11) is 0. The molecule has 0 aliphatic heterocycles. The highest BCUT2D eigenvalue weighted by atomic mass is 19.1. The van der Waals surface area contributed by atoms with Crippen molar-refractivity contribution < 1.29 is 28.5 Å². The summed E-state index contributed by atoms with van der Waals surface area (Å²) in [5, 5.41) is 22.0. The average molecular weight is 352 g/mol. The molecule has 0 aromatic heterocycles. The zero-order valence-corrected chi connectivity index (χ0v) is 13.2. The second kappa shape index (κ2) is 8.41. The van der Waals surface area contributed by atoms with Crippen LogP contribution in [0.1, 0.15) is 17.2 Å². The van der Waals surface area contributed by atoms with E-state index < -0.39 is 42.0 Å². The minimum absolute atomic E-state index is 0.0177. The van der Waals surface area contributed by atoms with Crippen LogP contribution >= 0.6 is 0 Å². The monoisotopic (exact) mass is 352 g/mol. The first-order chi connectivity index (χ1) is 11.9. The van der Waals surface area contributed by atoms with Gasteiger partial charge < -0.3 is 26.0 Å². The van der Waals surface area contributed by atoms with Crippen LogP contribution in [0.25, 0.3) is 0 Å². The van der Waals surface area contributed by atoms with Crippen molar-refractivity contribution in [2.75, 3.05) is 12.3 Å². The molecule has 0 aliphatic carbocycles. The fourth-order valence-corrected chi connectivity index (χ4v) is 2.12. The Balaban J connectivity index is 1.88. The zero-order chi connectivity index (χ0) is 18.4. The molecular formula is C17H18F2N2O4. The number of carbonyl (C=O) groups excluding carboxylic acids is 1. The summed E-state index contributed by atoms with van der Waals surface area (Å²) in [5.41, 5.74) is 4.97. The van der Waals surface area contributed by atoms with E-state index in [4.69, 9.17) is 10.5 Å². The number of nitrogens with one attached hydrogen (secondary N) is 1. The summed E-state index contributed by atoms with van der Waals surface area (Å²) in [6.07, 6.45) is -4.41. The van der Waals surface area contributed by atoms with Crippen molar-refractivity contribution in [3.05, 3.63) is 65.2 Å². The molecule has 0 aliphatic rings. The molecule has 2 rings (SSSR count). The Morgan fingerprint density at radius 3 is 2.52 bits per heavy atom. The van der Waals surface area contributed by atoms with Crippen molar-refractivity contribution >= 4 is 11.8 Å². The molecule has 2 aromatic carbocycles. The van der Waals surface area contributed by atoms with Crippen molar-refractivity contribution in [1.29, 1.82) is 0 Å². The number of carbonyl (C=O) groups is 1. The van der Waals surface area contributed by atoms with Crippen LogP contribution in [0.15, 0.2) is 42.5 Å². The van der Waals surface area contributed by atoms with Crippen LogP contribution < -0.4 is 11.1 Å². The number of nitrogen functional groups attached to an aromatic ring is 1. The van der Waals surface area contributed by atoms with Crippen LogP contribution in [0, 0.1) is 11.6 Å². The van der Waals surface area contributed by atoms with Gasteiger partial charge in [-0.25, -0.2) is 13.6 Å². The Labute approximate surface area is 142 Å². The number of anilines is 1. The minimum atomic E-state index is -1.90. The molecular weight excluding hydrogens is 334 g/mol. The van der Waals surface area contributed by atoms with Crippen LogP contribution in [0.5, 0.6) is 0 Å². The van der Waals surface area contributed by atoms with E-state index in [-0.39, 0.29) is 12.3 Å². The number of aliphatic hydroxyl groups is 2. The first-order valence-corrected chi connectivity index (χ1v) is 7.44. The number of rotatable bonds is 6. The van der Waals surface area contributed by atoms with Gasteiger partial charge in [0, 0.05) is 6.54 Å². The molecule has 6 nitrogen and oxygen atoms in total. The van der Waals surface area contributed by atoms with Crippen LogP contribution in [0.4, 0.5) is 19.3 Å². The van der Waals surface area contributed by atoms with Gasteiger partial charge in [0.1, 0.15) is 24.6 Å². The number of ether oxygens (including phenoxy) is 1. The van der Waals surface area contributed by atoms with Gasteiger partial charge in [-0.05, 0) is 17.7 Å². The average Bonchev–Trinajstić information content (AvgIpc) is 2.62. The molecule has 5 N–H and O–H groups in total. The number of halogens is 2. The van der Waals surface area contributed by atoms with Gasteiger partial charge in [-0.3, -0.25) is 0 Å². The minimum Gasteiger partial charge on any atom is -0.445 e. The largest absolute Gasteiger partial charge is 0.445 e. The Hall–Kier alpha value is -2.71. The predicted molar refractivity (Wildman–Crippen MR) is 86.4 cm³/mol. The topological polar surface area (TPSA) is 105 Å². The third-order valence-electron chi connectivity index (χ3n) is 3.48. The fourth-order valence-electron chi connectivity index (χ4n) is 2.12. The molecule has 8 heteroatoms. The summed E-state index contributed by atoms with van der Waals surface area (Å²) < 4.78 is 32.4.